The lowest BCUT2D eigenvalue weighted by Crippen LogP contribution is -2.28. The summed E-state index contributed by atoms with van der Waals surface area (Å²) in [5.74, 6) is 0.0800. The van der Waals surface area contributed by atoms with Crippen molar-refractivity contribution in [3.8, 4) is 0 Å². The van der Waals surface area contributed by atoms with Gasteiger partial charge in [-0.1, -0.05) is 17.2 Å². The SMILES string of the molecule is COCC(N)CC(=O)c1cc(C)cc(C)c1. The zero-order valence-electron chi connectivity index (χ0n) is 10.1. The van der Waals surface area contributed by atoms with Crippen molar-refractivity contribution in [1.82, 2.24) is 0 Å². The smallest absolute Gasteiger partial charge is 0.164 e. The topological polar surface area (TPSA) is 52.3 Å². The van der Waals surface area contributed by atoms with Crippen LogP contribution in [0.3, 0.4) is 0 Å². The lowest BCUT2D eigenvalue weighted by atomic mass is 10.0. The number of benzene rings is 1. The first-order chi connectivity index (χ1) is 7.52. The summed E-state index contributed by atoms with van der Waals surface area (Å²) in [6, 6.07) is 5.62. The van der Waals surface area contributed by atoms with E-state index in [0.29, 0.717) is 13.0 Å². The summed E-state index contributed by atoms with van der Waals surface area (Å²) >= 11 is 0. The predicted octanol–water partition coefficient (Wildman–Crippen LogP) is 1.85. The van der Waals surface area contributed by atoms with Gasteiger partial charge in [0.05, 0.1) is 6.61 Å². The Hall–Kier alpha value is -1.19. The fraction of sp³-hybridized carbons (Fsp3) is 0.462. The van der Waals surface area contributed by atoms with E-state index in [1.807, 2.05) is 32.0 Å². The van der Waals surface area contributed by atoms with Crippen LogP contribution in [-0.4, -0.2) is 25.5 Å². The monoisotopic (exact) mass is 221 g/mol. The first kappa shape index (κ1) is 12.9. The number of rotatable bonds is 5. The molecule has 1 unspecified atom stereocenters. The number of nitrogens with two attached hydrogens (primary N) is 1. The van der Waals surface area contributed by atoms with E-state index in [1.54, 1.807) is 7.11 Å². The average molecular weight is 221 g/mol. The molecule has 3 nitrogen and oxygen atoms in total. The van der Waals surface area contributed by atoms with E-state index >= 15 is 0 Å². The lowest BCUT2D eigenvalue weighted by molar-refractivity contribution is 0.0949. The van der Waals surface area contributed by atoms with Gasteiger partial charge in [0, 0.05) is 25.1 Å². The van der Waals surface area contributed by atoms with E-state index in [4.69, 9.17) is 10.5 Å². The molecule has 1 atom stereocenters. The number of hydrogen-bond acceptors (Lipinski definition) is 3. The van der Waals surface area contributed by atoms with Gasteiger partial charge in [-0.15, -0.1) is 0 Å². The minimum absolute atomic E-state index is 0.0800. The van der Waals surface area contributed by atoms with E-state index in [9.17, 15) is 4.79 Å². The molecule has 3 heteroatoms. The fourth-order valence-electron chi connectivity index (χ4n) is 1.76. The van der Waals surface area contributed by atoms with Crippen LogP contribution in [0.1, 0.15) is 27.9 Å². The molecule has 88 valence electrons. The van der Waals surface area contributed by atoms with Gasteiger partial charge in [-0.3, -0.25) is 4.79 Å². The van der Waals surface area contributed by atoms with Gasteiger partial charge < -0.3 is 10.5 Å². The van der Waals surface area contributed by atoms with Gasteiger partial charge >= 0.3 is 0 Å². The number of Topliss-reactive ketones (excluding diaryl/α,β-unsaturated/α-hetero) is 1. The third-order valence-corrected chi connectivity index (χ3v) is 2.37. The highest BCUT2D eigenvalue weighted by molar-refractivity contribution is 5.96. The Kier molecular flexibility index (Phi) is 4.65. The number of aryl methyl sites for hydroxylation is 2. The molecule has 0 aliphatic heterocycles. The molecule has 1 aromatic rings. The summed E-state index contributed by atoms with van der Waals surface area (Å²) in [4.78, 5) is 11.9. The number of ketones is 1. The van der Waals surface area contributed by atoms with Gasteiger partial charge in [-0.05, 0) is 26.0 Å². The molecule has 16 heavy (non-hydrogen) atoms. The van der Waals surface area contributed by atoms with E-state index in [-0.39, 0.29) is 11.8 Å². The number of hydrogen-bond donors (Lipinski definition) is 1. The van der Waals surface area contributed by atoms with E-state index < -0.39 is 0 Å². The largest absolute Gasteiger partial charge is 0.383 e. The van der Waals surface area contributed by atoms with Crippen molar-refractivity contribution in [3.63, 3.8) is 0 Å². The second-order valence-electron chi connectivity index (χ2n) is 4.22. The predicted molar refractivity (Wildman–Crippen MR) is 64.7 cm³/mol. The van der Waals surface area contributed by atoms with Crippen molar-refractivity contribution < 1.29 is 9.53 Å². The van der Waals surface area contributed by atoms with Crippen LogP contribution >= 0.6 is 0 Å². The molecule has 0 spiro atoms. The third-order valence-electron chi connectivity index (χ3n) is 2.37. The summed E-state index contributed by atoms with van der Waals surface area (Å²) in [6.45, 7) is 4.38. The maximum Gasteiger partial charge on any atom is 0.164 e. The van der Waals surface area contributed by atoms with Crippen LogP contribution < -0.4 is 5.73 Å². The molecule has 0 fully saturated rings. The standard InChI is InChI=1S/C13H19NO2/c1-9-4-10(2)6-11(5-9)13(15)7-12(14)8-16-3/h4-6,12H,7-8,14H2,1-3H3. The maximum absolute atomic E-state index is 11.9. The van der Waals surface area contributed by atoms with Crippen molar-refractivity contribution in [3.05, 3.63) is 34.9 Å². The van der Waals surface area contributed by atoms with Crippen LogP contribution in [0.5, 0.6) is 0 Å². The first-order valence-electron chi connectivity index (χ1n) is 5.39. The molecule has 2 N–H and O–H groups in total. The summed E-state index contributed by atoms with van der Waals surface area (Å²) in [7, 11) is 1.58. The van der Waals surface area contributed by atoms with E-state index in [1.165, 1.54) is 0 Å². The maximum atomic E-state index is 11.9. The normalized spacial score (nSPS) is 12.5. The molecule has 0 radical (unpaired) electrons. The van der Waals surface area contributed by atoms with Crippen molar-refractivity contribution >= 4 is 5.78 Å². The Morgan fingerprint density at radius 3 is 2.38 bits per heavy atom. The fourth-order valence-corrected chi connectivity index (χ4v) is 1.76. The molecule has 0 amide bonds. The van der Waals surface area contributed by atoms with Gasteiger partial charge in [-0.2, -0.15) is 0 Å². The van der Waals surface area contributed by atoms with E-state index in [0.717, 1.165) is 16.7 Å². The summed E-state index contributed by atoms with van der Waals surface area (Å²) in [5.41, 5.74) is 8.69. The highest BCUT2D eigenvalue weighted by Gasteiger charge is 2.12. The molecule has 0 saturated carbocycles. The molecule has 0 aromatic heterocycles. The van der Waals surface area contributed by atoms with Crippen LogP contribution in [0, 0.1) is 13.8 Å². The molecule has 0 saturated heterocycles. The Bertz CT molecular complexity index is 354. The van der Waals surface area contributed by atoms with Gasteiger partial charge in [0.2, 0.25) is 0 Å². The Balaban J connectivity index is 2.72. The van der Waals surface area contributed by atoms with Crippen molar-refractivity contribution in [2.45, 2.75) is 26.3 Å². The zero-order valence-corrected chi connectivity index (χ0v) is 10.1. The van der Waals surface area contributed by atoms with E-state index in [2.05, 4.69) is 0 Å². The second-order valence-corrected chi connectivity index (χ2v) is 4.22. The minimum atomic E-state index is -0.224. The quantitative estimate of drug-likeness (QED) is 0.772. The lowest BCUT2D eigenvalue weighted by Gasteiger charge is -2.10. The van der Waals surface area contributed by atoms with Crippen LogP contribution in [0.15, 0.2) is 18.2 Å². The average Bonchev–Trinajstić information content (AvgIpc) is 2.16. The van der Waals surface area contributed by atoms with Crippen LogP contribution in [0.25, 0.3) is 0 Å². The molecule has 0 heterocycles. The number of ether oxygens (including phenoxy) is 1. The summed E-state index contributed by atoms with van der Waals surface area (Å²) < 4.78 is 4.91. The number of carbonyl (C=O) groups excluding carboxylic acids is 1. The number of methoxy groups -OCH3 is 1. The molecular formula is C13H19NO2. The zero-order chi connectivity index (χ0) is 12.1. The highest BCUT2D eigenvalue weighted by atomic mass is 16.5. The summed E-state index contributed by atoms with van der Waals surface area (Å²) in [5, 5.41) is 0. The summed E-state index contributed by atoms with van der Waals surface area (Å²) in [6.07, 6.45) is 0.330. The Morgan fingerprint density at radius 2 is 1.88 bits per heavy atom. The van der Waals surface area contributed by atoms with Gasteiger partial charge in [0.25, 0.3) is 0 Å². The van der Waals surface area contributed by atoms with Gasteiger partial charge in [0.1, 0.15) is 0 Å². The molecule has 1 aromatic carbocycles. The van der Waals surface area contributed by atoms with Crippen molar-refractivity contribution in [2.75, 3.05) is 13.7 Å². The third kappa shape index (κ3) is 3.76. The van der Waals surface area contributed by atoms with Crippen molar-refractivity contribution in [2.24, 2.45) is 5.73 Å². The van der Waals surface area contributed by atoms with Gasteiger partial charge in [0.15, 0.2) is 5.78 Å². The number of carbonyl (C=O) groups is 1. The minimum Gasteiger partial charge on any atom is -0.383 e. The van der Waals surface area contributed by atoms with Crippen molar-refractivity contribution in [1.29, 1.82) is 0 Å². The Morgan fingerprint density at radius 1 is 1.31 bits per heavy atom. The molecule has 0 aliphatic carbocycles. The highest BCUT2D eigenvalue weighted by Crippen LogP contribution is 2.11. The Labute approximate surface area is 96.6 Å². The van der Waals surface area contributed by atoms with Crippen LogP contribution in [0.4, 0.5) is 0 Å². The molecule has 0 aliphatic rings. The van der Waals surface area contributed by atoms with Crippen LogP contribution in [-0.2, 0) is 4.74 Å². The first-order valence-corrected chi connectivity index (χ1v) is 5.39. The molecule has 0 bridgehead atoms. The van der Waals surface area contributed by atoms with Gasteiger partial charge in [-0.25, -0.2) is 0 Å². The van der Waals surface area contributed by atoms with Crippen LogP contribution in [0.2, 0.25) is 0 Å². The second kappa shape index (κ2) is 5.77. The molecule has 1 rings (SSSR count). The molecular weight excluding hydrogens is 202 g/mol.